The number of aromatic nitrogens is 1. The van der Waals surface area contributed by atoms with Crippen molar-refractivity contribution in [3.8, 4) is 17.2 Å². The molecule has 5 nitrogen and oxygen atoms in total. The van der Waals surface area contributed by atoms with Crippen LogP contribution in [0.5, 0.6) is 17.2 Å². The molecular formula is C22H27FN2O3. The number of likely N-dealkylation sites (tertiary alicyclic amines) is 1. The second-order valence-electron chi connectivity index (χ2n) is 8.06. The van der Waals surface area contributed by atoms with Crippen molar-refractivity contribution in [2.24, 2.45) is 11.8 Å². The fourth-order valence-electron chi connectivity index (χ4n) is 4.69. The average molecular weight is 386 g/mol. The highest BCUT2D eigenvalue weighted by atomic mass is 19.1. The number of halogens is 1. The van der Waals surface area contributed by atoms with Gasteiger partial charge < -0.3 is 19.5 Å². The predicted molar refractivity (Wildman–Crippen MR) is 104 cm³/mol. The number of fused-ring (bicyclic) bond motifs is 1. The molecule has 0 radical (unpaired) electrons. The Morgan fingerprint density at radius 2 is 1.96 bits per heavy atom. The highest BCUT2D eigenvalue weighted by Gasteiger charge is 2.42. The van der Waals surface area contributed by atoms with Gasteiger partial charge in [0.05, 0.1) is 19.4 Å². The monoisotopic (exact) mass is 386 g/mol. The quantitative estimate of drug-likeness (QED) is 0.818. The third-order valence-electron chi connectivity index (χ3n) is 6.03. The van der Waals surface area contributed by atoms with E-state index in [1.54, 1.807) is 18.2 Å². The molecule has 1 aliphatic heterocycles. The Morgan fingerprint density at radius 1 is 1.21 bits per heavy atom. The van der Waals surface area contributed by atoms with E-state index in [-0.39, 0.29) is 23.4 Å². The molecule has 1 aliphatic carbocycles. The summed E-state index contributed by atoms with van der Waals surface area (Å²) in [5, 5.41) is 9.40. The summed E-state index contributed by atoms with van der Waals surface area (Å²) in [5.41, 5.74) is 1.00. The van der Waals surface area contributed by atoms with E-state index < -0.39 is 0 Å². The Hall–Kier alpha value is -2.34. The predicted octanol–water partition coefficient (Wildman–Crippen LogP) is 3.83. The molecule has 4 atom stereocenters. The minimum atomic E-state index is -0.367. The van der Waals surface area contributed by atoms with Crippen molar-refractivity contribution in [2.75, 3.05) is 26.7 Å². The molecule has 150 valence electrons. The van der Waals surface area contributed by atoms with Crippen LogP contribution in [0.25, 0.3) is 0 Å². The van der Waals surface area contributed by atoms with E-state index in [1.807, 2.05) is 6.07 Å². The van der Waals surface area contributed by atoms with Crippen molar-refractivity contribution in [2.45, 2.75) is 31.8 Å². The van der Waals surface area contributed by atoms with Crippen LogP contribution in [0.3, 0.4) is 0 Å². The van der Waals surface area contributed by atoms with Gasteiger partial charge in [-0.05, 0) is 48.9 Å². The largest absolute Gasteiger partial charge is 0.506 e. The van der Waals surface area contributed by atoms with E-state index in [2.05, 4.69) is 16.8 Å². The summed E-state index contributed by atoms with van der Waals surface area (Å²) in [6.45, 7) is 5.21. The third-order valence-corrected chi connectivity index (χ3v) is 6.03. The smallest absolute Gasteiger partial charge is 0.197 e. The molecule has 0 bridgehead atoms. The molecule has 1 N–H and O–H groups in total. The number of rotatable bonds is 6. The van der Waals surface area contributed by atoms with Gasteiger partial charge in [-0.3, -0.25) is 4.98 Å². The topological polar surface area (TPSA) is 54.8 Å². The second kappa shape index (κ2) is 7.95. The lowest BCUT2D eigenvalue weighted by Gasteiger charge is -2.23. The number of nitrogens with zero attached hydrogens (tertiary/aromatic N) is 2. The molecule has 2 heterocycles. The number of para-hydroxylation sites is 1. The summed E-state index contributed by atoms with van der Waals surface area (Å²) in [6.07, 6.45) is 3.44. The van der Waals surface area contributed by atoms with Crippen LogP contribution in [0.2, 0.25) is 0 Å². The molecular weight excluding hydrogens is 359 g/mol. The Morgan fingerprint density at radius 3 is 2.61 bits per heavy atom. The van der Waals surface area contributed by atoms with Crippen molar-refractivity contribution in [1.82, 2.24) is 9.88 Å². The van der Waals surface area contributed by atoms with Gasteiger partial charge >= 0.3 is 0 Å². The molecule has 1 aromatic heterocycles. The maximum Gasteiger partial charge on any atom is 0.197 e. The molecule has 6 heteroatoms. The van der Waals surface area contributed by atoms with Gasteiger partial charge in [-0.25, -0.2) is 4.39 Å². The summed E-state index contributed by atoms with van der Waals surface area (Å²) in [7, 11) is 1.53. The summed E-state index contributed by atoms with van der Waals surface area (Å²) in [6, 6.07) is 8.36. The van der Waals surface area contributed by atoms with Gasteiger partial charge in [-0.1, -0.05) is 13.0 Å². The summed E-state index contributed by atoms with van der Waals surface area (Å²) >= 11 is 0. The van der Waals surface area contributed by atoms with Crippen molar-refractivity contribution < 1.29 is 19.0 Å². The molecule has 28 heavy (non-hydrogen) atoms. The van der Waals surface area contributed by atoms with E-state index in [4.69, 9.17) is 9.47 Å². The first-order chi connectivity index (χ1) is 13.5. The van der Waals surface area contributed by atoms with Crippen molar-refractivity contribution in [1.29, 1.82) is 0 Å². The van der Waals surface area contributed by atoms with E-state index in [0.29, 0.717) is 23.5 Å². The van der Waals surface area contributed by atoms with Gasteiger partial charge in [0.2, 0.25) is 0 Å². The van der Waals surface area contributed by atoms with Gasteiger partial charge in [0, 0.05) is 31.2 Å². The van der Waals surface area contributed by atoms with Crippen LogP contribution in [-0.4, -0.2) is 47.8 Å². The van der Waals surface area contributed by atoms with Gasteiger partial charge in [-0.2, -0.15) is 0 Å². The first-order valence-corrected chi connectivity index (χ1v) is 9.90. The molecule has 2 aromatic rings. The van der Waals surface area contributed by atoms with E-state index in [0.717, 1.165) is 38.2 Å². The molecule has 1 saturated carbocycles. The Balaban J connectivity index is 1.32. The SMILES string of the molecule is COc1cccc(F)c1OC1C[C@@H]2CN(CC(C)c3ccc(O)cn3)C[C@@H]2C1. The van der Waals surface area contributed by atoms with Crippen LogP contribution in [-0.2, 0) is 0 Å². The standard InChI is InChI=1S/C22H27FN2O3/c1-14(20-7-6-17(26)10-24-20)11-25-12-15-8-18(9-16(15)13-25)28-22-19(23)4-3-5-21(22)27-2/h3-7,10,14-16,18,26H,8-9,11-13H2,1-2H3/t14?,15-,16+,18?. The molecule has 2 aliphatic rings. The van der Waals surface area contributed by atoms with Crippen LogP contribution < -0.4 is 9.47 Å². The van der Waals surface area contributed by atoms with Crippen LogP contribution in [0.1, 0.15) is 31.4 Å². The van der Waals surface area contributed by atoms with Crippen LogP contribution in [0.4, 0.5) is 4.39 Å². The van der Waals surface area contributed by atoms with Gasteiger partial charge in [0.1, 0.15) is 5.75 Å². The normalized spacial score (nSPS) is 25.5. The van der Waals surface area contributed by atoms with Crippen molar-refractivity contribution >= 4 is 0 Å². The number of methoxy groups -OCH3 is 1. The Kier molecular flexibility index (Phi) is 5.40. The summed E-state index contributed by atoms with van der Waals surface area (Å²) in [4.78, 5) is 6.83. The number of pyridine rings is 1. The van der Waals surface area contributed by atoms with E-state index in [9.17, 15) is 9.50 Å². The Labute approximate surface area is 165 Å². The number of benzene rings is 1. The van der Waals surface area contributed by atoms with Crippen LogP contribution in [0, 0.1) is 17.7 Å². The third kappa shape index (κ3) is 3.92. The van der Waals surface area contributed by atoms with Crippen molar-refractivity contribution in [3.63, 3.8) is 0 Å². The molecule has 0 spiro atoms. The van der Waals surface area contributed by atoms with Crippen LogP contribution >= 0.6 is 0 Å². The molecule has 1 aromatic carbocycles. The molecule has 2 fully saturated rings. The zero-order chi connectivity index (χ0) is 19.7. The molecule has 4 rings (SSSR count). The lowest BCUT2D eigenvalue weighted by atomic mass is 10.0. The van der Waals surface area contributed by atoms with Gasteiger partial charge in [0.15, 0.2) is 17.3 Å². The lowest BCUT2D eigenvalue weighted by Crippen LogP contribution is -2.28. The lowest BCUT2D eigenvalue weighted by molar-refractivity contribution is 0.170. The zero-order valence-electron chi connectivity index (χ0n) is 16.3. The highest BCUT2D eigenvalue weighted by Crippen LogP contribution is 2.42. The van der Waals surface area contributed by atoms with E-state index >= 15 is 0 Å². The number of hydrogen-bond donors (Lipinski definition) is 1. The van der Waals surface area contributed by atoms with Crippen LogP contribution in [0.15, 0.2) is 36.5 Å². The average Bonchev–Trinajstić information content (AvgIpc) is 3.21. The molecule has 2 unspecified atom stereocenters. The van der Waals surface area contributed by atoms with Crippen molar-refractivity contribution in [3.05, 3.63) is 48.0 Å². The minimum Gasteiger partial charge on any atom is -0.506 e. The number of aromatic hydroxyl groups is 1. The Bertz CT molecular complexity index is 800. The maximum absolute atomic E-state index is 14.1. The molecule has 0 amide bonds. The minimum absolute atomic E-state index is 0.0409. The van der Waals surface area contributed by atoms with Gasteiger partial charge in [-0.15, -0.1) is 0 Å². The summed E-state index contributed by atoms with van der Waals surface area (Å²) < 4.78 is 25.4. The van der Waals surface area contributed by atoms with Gasteiger partial charge in [0.25, 0.3) is 0 Å². The zero-order valence-corrected chi connectivity index (χ0v) is 16.3. The maximum atomic E-state index is 14.1. The second-order valence-corrected chi connectivity index (χ2v) is 8.06. The summed E-state index contributed by atoms with van der Waals surface area (Å²) in [5.74, 6) is 2.00. The number of ether oxygens (including phenoxy) is 2. The first-order valence-electron chi connectivity index (χ1n) is 9.90. The van der Waals surface area contributed by atoms with E-state index in [1.165, 1.54) is 19.4 Å². The molecule has 1 saturated heterocycles. The number of hydrogen-bond acceptors (Lipinski definition) is 5. The highest BCUT2D eigenvalue weighted by molar-refractivity contribution is 5.41. The fraction of sp³-hybridized carbons (Fsp3) is 0.500. The fourth-order valence-corrected chi connectivity index (χ4v) is 4.69. The first kappa shape index (κ1) is 19.0.